The summed E-state index contributed by atoms with van der Waals surface area (Å²) in [4.78, 5) is 72.6. The van der Waals surface area contributed by atoms with Crippen molar-refractivity contribution in [3.63, 3.8) is 0 Å². The molecular weight excluding hydrogens is 1230 g/mol. The molecular formula is C75H132O17P2. The van der Waals surface area contributed by atoms with Gasteiger partial charge >= 0.3 is 39.5 Å². The first-order valence-electron chi connectivity index (χ1n) is 36.8. The van der Waals surface area contributed by atoms with E-state index < -0.39 is 97.5 Å². The van der Waals surface area contributed by atoms with Crippen LogP contribution in [0.1, 0.15) is 310 Å². The van der Waals surface area contributed by atoms with Crippen LogP contribution in [0.3, 0.4) is 0 Å². The van der Waals surface area contributed by atoms with Crippen molar-refractivity contribution in [2.45, 2.75) is 329 Å². The van der Waals surface area contributed by atoms with E-state index in [-0.39, 0.29) is 25.7 Å². The Morgan fingerprint density at radius 1 is 0.309 bits per heavy atom. The van der Waals surface area contributed by atoms with Gasteiger partial charge in [-0.3, -0.25) is 37.3 Å². The molecule has 0 aromatic heterocycles. The first kappa shape index (κ1) is 90.2. The van der Waals surface area contributed by atoms with E-state index in [1.165, 1.54) is 83.5 Å². The van der Waals surface area contributed by atoms with Gasteiger partial charge in [0.15, 0.2) is 12.2 Å². The van der Waals surface area contributed by atoms with Gasteiger partial charge in [-0.2, -0.15) is 0 Å². The van der Waals surface area contributed by atoms with Gasteiger partial charge in [-0.15, -0.1) is 0 Å². The predicted molar refractivity (Wildman–Crippen MR) is 381 cm³/mol. The van der Waals surface area contributed by atoms with E-state index in [1.54, 1.807) is 0 Å². The average molecular weight is 1370 g/mol. The Balaban J connectivity index is 5.34. The number of carbonyl (C=O) groups is 4. The summed E-state index contributed by atoms with van der Waals surface area (Å²) < 4.78 is 68.3. The van der Waals surface area contributed by atoms with Gasteiger partial charge < -0.3 is 33.8 Å². The van der Waals surface area contributed by atoms with E-state index >= 15 is 0 Å². The molecule has 94 heavy (non-hydrogen) atoms. The molecule has 0 aromatic rings. The van der Waals surface area contributed by atoms with Crippen LogP contribution in [0.5, 0.6) is 0 Å². The van der Waals surface area contributed by atoms with Crippen molar-refractivity contribution in [1.82, 2.24) is 0 Å². The summed E-state index contributed by atoms with van der Waals surface area (Å²) >= 11 is 0. The fourth-order valence-corrected chi connectivity index (χ4v) is 11.3. The molecule has 0 rings (SSSR count). The van der Waals surface area contributed by atoms with Gasteiger partial charge in [-0.05, 0) is 109 Å². The molecule has 0 heterocycles. The lowest BCUT2D eigenvalue weighted by Gasteiger charge is -2.21. The smallest absolute Gasteiger partial charge is 0.462 e. The summed E-state index contributed by atoms with van der Waals surface area (Å²) in [5, 5.41) is 10.6. The number of aliphatic hydroxyl groups excluding tert-OH is 1. The van der Waals surface area contributed by atoms with Crippen molar-refractivity contribution in [3.8, 4) is 0 Å². The van der Waals surface area contributed by atoms with Crippen molar-refractivity contribution in [2.24, 2.45) is 0 Å². The zero-order valence-corrected chi connectivity index (χ0v) is 60.9. The van der Waals surface area contributed by atoms with Crippen LogP contribution in [0.2, 0.25) is 0 Å². The molecule has 0 saturated carbocycles. The van der Waals surface area contributed by atoms with Crippen LogP contribution in [-0.4, -0.2) is 96.7 Å². The van der Waals surface area contributed by atoms with E-state index in [9.17, 15) is 43.2 Å². The number of phosphoric ester groups is 2. The molecule has 0 amide bonds. The monoisotopic (exact) mass is 1370 g/mol. The quantitative estimate of drug-likeness (QED) is 0.0169. The molecule has 0 aliphatic carbocycles. The summed E-state index contributed by atoms with van der Waals surface area (Å²) in [6, 6.07) is 0. The van der Waals surface area contributed by atoms with Crippen LogP contribution in [0.15, 0.2) is 85.1 Å². The van der Waals surface area contributed by atoms with E-state index in [4.69, 9.17) is 37.0 Å². The number of unbranched alkanes of at least 4 members (excludes halogenated alkanes) is 29. The summed E-state index contributed by atoms with van der Waals surface area (Å²) in [5.74, 6) is -2.23. The van der Waals surface area contributed by atoms with Crippen molar-refractivity contribution in [3.05, 3.63) is 85.1 Å². The molecule has 0 spiro atoms. The third kappa shape index (κ3) is 66.8. The second kappa shape index (κ2) is 67.8. The Morgan fingerprint density at radius 2 is 0.585 bits per heavy atom. The lowest BCUT2D eigenvalue weighted by molar-refractivity contribution is -0.161. The third-order valence-electron chi connectivity index (χ3n) is 15.3. The SMILES string of the molecule is CC/C=C\C/C=C\C/C=C\C/C=C\CCCCC(=O)OCC(COP(=O)(O)OCC(O)COP(=O)(O)OCC(COC(=O)CCCCCCCCCCCCCCCCC)OC(=O)CCCCCCC/C=C\C/C=C\CCC)OC(=O)CCCCCCC/C=C\CCCC. The highest BCUT2D eigenvalue weighted by molar-refractivity contribution is 7.47. The molecule has 5 atom stereocenters. The Kier molecular flexibility index (Phi) is 65.1. The van der Waals surface area contributed by atoms with Crippen LogP contribution in [0, 0.1) is 0 Å². The van der Waals surface area contributed by atoms with Crippen LogP contribution < -0.4 is 0 Å². The molecule has 0 aliphatic heterocycles. The van der Waals surface area contributed by atoms with E-state index in [2.05, 4.69) is 113 Å². The minimum absolute atomic E-state index is 0.0758. The summed E-state index contributed by atoms with van der Waals surface area (Å²) in [6.45, 7) is 4.60. The molecule has 5 unspecified atom stereocenters. The minimum Gasteiger partial charge on any atom is -0.462 e. The highest BCUT2D eigenvalue weighted by Crippen LogP contribution is 2.45. The molecule has 0 aliphatic rings. The number of hydrogen-bond donors (Lipinski definition) is 3. The molecule has 0 bridgehead atoms. The molecule has 0 saturated heterocycles. The predicted octanol–water partition coefficient (Wildman–Crippen LogP) is 20.7. The first-order valence-corrected chi connectivity index (χ1v) is 39.8. The Bertz CT molecular complexity index is 2120. The van der Waals surface area contributed by atoms with Gasteiger partial charge in [0.2, 0.25) is 0 Å². The number of rotatable bonds is 69. The molecule has 544 valence electrons. The van der Waals surface area contributed by atoms with Crippen molar-refractivity contribution >= 4 is 39.5 Å². The first-order chi connectivity index (χ1) is 45.7. The minimum atomic E-state index is -4.98. The number of aliphatic hydroxyl groups is 1. The Hall–Kier alpha value is -3.76. The zero-order valence-electron chi connectivity index (χ0n) is 59.1. The molecule has 0 radical (unpaired) electrons. The summed E-state index contributed by atoms with van der Waals surface area (Å²) in [7, 11) is -9.95. The van der Waals surface area contributed by atoms with E-state index in [0.717, 1.165) is 148 Å². The summed E-state index contributed by atoms with van der Waals surface area (Å²) in [5.41, 5.74) is 0. The Morgan fingerprint density at radius 3 is 0.957 bits per heavy atom. The highest BCUT2D eigenvalue weighted by atomic mass is 31.2. The maximum atomic E-state index is 13.0. The average Bonchev–Trinajstić information content (AvgIpc) is 1.35. The van der Waals surface area contributed by atoms with Gasteiger partial charge in [0.25, 0.3) is 0 Å². The lowest BCUT2D eigenvalue weighted by Crippen LogP contribution is -2.30. The van der Waals surface area contributed by atoms with Crippen molar-refractivity contribution in [2.75, 3.05) is 39.6 Å². The fraction of sp³-hybridized carbons (Fsp3) is 0.760. The van der Waals surface area contributed by atoms with Crippen LogP contribution in [0.25, 0.3) is 0 Å². The molecule has 17 nitrogen and oxygen atoms in total. The zero-order chi connectivity index (χ0) is 69.0. The fourth-order valence-electron chi connectivity index (χ4n) is 9.70. The van der Waals surface area contributed by atoms with E-state index in [1.807, 2.05) is 0 Å². The van der Waals surface area contributed by atoms with Gasteiger partial charge in [-0.25, -0.2) is 9.13 Å². The largest absolute Gasteiger partial charge is 0.472 e. The second-order valence-corrected chi connectivity index (χ2v) is 27.4. The highest BCUT2D eigenvalue weighted by Gasteiger charge is 2.30. The summed E-state index contributed by atoms with van der Waals surface area (Å²) in [6.07, 6.45) is 67.4. The van der Waals surface area contributed by atoms with Gasteiger partial charge in [0.1, 0.15) is 19.3 Å². The number of hydrogen-bond acceptors (Lipinski definition) is 15. The maximum Gasteiger partial charge on any atom is 0.472 e. The van der Waals surface area contributed by atoms with Crippen LogP contribution in [-0.2, 0) is 65.4 Å². The maximum absolute atomic E-state index is 13.0. The number of phosphoric acid groups is 2. The molecule has 0 aromatic carbocycles. The van der Waals surface area contributed by atoms with Gasteiger partial charge in [-0.1, -0.05) is 260 Å². The van der Waals surface area contributed by atoms with Crippen LogP contribution >= 0.6 is 15.6 Å². The van der Waals surface area contributed by atoms with Crippen molar-refractivity contribution in [1.29, 1.82) is 0 Å². The molecule has 19 heteroatoms. The normalized spacial score (nSPS) is 14.5. The number of esters is 4. The van der Waals surface area contributed by atoms with Crippen molar-refractivity contribution < 1.29 is 80.2 Å². The van der Waals surface area contributed by atoms with Crippen LogP contribution in [0.4, 0.5) is 0 Å². The number of ether oxygens (including phenoxy) is 4. The molecule has 3 N–H and O–H groups in total. The second-order valence-electron chi connectivity index (χ2n) is 24.5. The van der Waals surface area contributed by atoms with E-state index in [0.29, 0.717) is 25.7 Å². The Labute approximate surface area is 570 Å². The van der Waals surface area contributed by atoms with Gasteiger partial charge in [0.05, 0.1) is 26.4 Å². The standard InChI is InChI=1S/C75H132O17P2/c1-5-9-13-17-21-25-29-32-34-37-40-43-47-51-55-59-72(77)85-65-70(91-74(79)61-57-53-49-45-39-28-24-20-16-12-8-4)67-89-93(81,82)87-63-69(76)64-88-94(83,84)90-68-71(92-75(80)62-58-54-50-46-42-36-31-27-23-19-15-11-7-3)66-86-73(78)60-56-52-48-44-41-38-35-33-30-26-22-18-14-10-6-2/h9,13,15,19-21,24-25,27,31-32,34,40,43,69-71,76H,5-8,10-12,14,16-18,22-23,26,28-30,33,35-39,41-42,44-68H2,1-4H3,(H,81,82)(H,83,84)/b13-9-,19-15-,24-20-,25-21-,31-27-,34-32-,43-40-. The topological polar surface area (TPSA) is 237 Å². The lowest BCUT2D eigenvalue weighted by atomic mass is 10.0. The number of allylic oxidation sites excluding steroid dienone is 14. The third-order valence-corrected chi connectivity index (χ3v) is 17.2. The molecule has 0 fully saturated rings. The number of carbonyl (C=O) groups excluding carboxylic acids is 4. The van der Waals surface area contributed by atoms with Gasteiger partial charge in [0, 0.05) is 25.7 Å².